The van der Waals surface area contributed by atoms with E-state index in [0.29, 0.717) is 5.56 Å². The molecule has 0 aliphatic rings. The summed E-state index contributed by atoms with van der Waals surface area (Å²) in [6.45, 7) is 1.62. The molecule has 0 radical (unpaired) electrons. The SMILES string of the molecule is CC(Nc1cc(Br)c(F)cc1F)c1cc(F)cc(F)c1. The van der Waals surface area contributed by atoms with Gasteiger partial charge in [-0.3, -0.25) is 0 Å². The van der Waals surface area contributed by atoms with Crippen LogP contribution in [-0.4, -0.2) is 0 Å². The van der Waals surface area contributed by atoms with Crippen molar-refractivity contribution in [3.8, 4) is 0 Å². The first-order chi connectivity index (χ1) is 9.36. The molecule has 1 N–H and O–H groups in total. The zero-order valence-corrected chi connectivity index (χ0v) is 11.9. The molecule has 0 bridgehead atoms. The van der Waals surface area contributed by atoms with Crippen molar-refractivity contribution in [3.05, 3.63) is 63.6 Å². The highest BCUT2D eigenvalue weighted by atomic mass is 79.9. The summed E-state index contributed by atoms with van der Waals surface area (Å²) in [5, 5.41) is 2.74. The van der Waals surface area contributed by atoms with Crippen LogP contribution in [0.2, 0.25) is 0 Å². The van der Waals surface area contributed by atoms with Crippen LogP contribution in [0.25, 0.3) is 0 Å². The van der Waals surface area contributed by atoms with Gasteiger partial charge in [0, 0.05) is 18.2 Å². The van der Waals surface area contributed by atoms with Crippen molar-refractivity contribution in [1.82, 2.24) is 0 Å². The van der Waals surface area contributed by atoms with Crippen LogP contribution in [0.4, 0.5) is 23.2 Å². The van der Waals surface area contributed by atoms with Crippen LogP contribution in [-0.2, 0) is 0 Å². The summed E-state index contributed by atoms with van der Waals surface area (Å²) in [4.78, 5) is 0. The monoisotopic (exact) mass is 347 g/mol. The second kappa shape index (κ2) is 5.83. The fourth-order valence-corrected chi connectivity index (χ4v) is 2.12. The second-order valence-electron chi connectivity index (χ2n) is 4.31. The van der Waals surface area contributed by atoms with E-state index in [2.05, 4.69) is 21.2 Å². The minimum absolute atomic E-state index is 0.0374. The first-order valence-corrected chi connectivity index (χ1v) is 6.53. The molecule has 0 amide bonds. The minimum atomic E-state index is -0.783. The van der Waals surface area contributed by atoms with Crippen molar-refractivity contribution >= 4 is 21.6 Å². The van der Waals surface area contributed by atoms with Crippen LogP contribution in [0.3, 0.4) is 0 Å². The number of anilines is 1. The van der Waals surface area contributed by atoms with Crippen LogP contribution in [0.5, 0.6) is 0 Å². The molecule has 2 rings (SSSR count). The van der Waals surface area contributed by atoms with Crippen molar-refractivity contribution in [2.24, 2.45) is 0 Å². The Morgan fingerprint density at radius 1 is 0.900 bits per heavy atom. The van der Waals surface area contributed by atoms with Gasteiger partial charge in [0.15, 0.2) is 0 Å². The number of hydrogen-bond acceptors (Lipinski definition) is 1. The molecule has 0 aliphatic heterocycles. The van der Waals surface area contributed by atoms with E-state index in [0.717, 1.165) is 24.3 Å². The van der Waals surface area contributed by atoms with Crippen molar-refractivity contribution < 1.29 is 17.6 Å². The van der Waals surface area contributed by atoms with Gasteiger partial charge in [0.05, 0.1) is 10.2 Å². The van der Waals surface area contributed by atoms with Gasteiger partial charge < -0.3 is 5.32 Å². The normalized spacial score (nSPS) is 12.3. The quantitative estimate of drug-likeness (QED) is 0.595. The molecule has 106 valence electrons. The maximum Gasteiger partial charge on any atom is 0.149 e. The Kier molecular flexibility index (Phi) is 4.32. The van der Waals surface area contributed by atoms with E-state index in [1.54, 1.807) is 6.92 Å². The van der Waals surface area contributed by atoms with Gasteiger partial charge in [-0.2, -0.15) is 0 Å². The summed E-state index contributed by atoms with van der Waals surface area (Å²) < 4.78 is 53.1. The van der Waals surface area contributed by atoms with E-state index in [4.69, 9.17) is 0 Å². The molecule has 0 fully saturated rings. The average molecular weight is 348 g/mol. The Labute approximate surface area is 121 Å². The third-order valence-electron chi connectivity index (χ3n) is 2.77. The Bertz CT molecular complexity index is 625. The van der Waals surface area contributed by atoms with E-state index in [1.165, 1.54) is 6.07 Å². The molecule has 0 heterocycles. The summed E-state index contributed by atoms with van der Waals surface area (Å²) in [5.74, 6) is -2.93. The fraction of sp³-hybridized carbons (Fsp3) is 0.143. The Hall–Kier alpha value is -1.56. The van der Waals surface area contributed by atoms with Gasteiger partial charge in [-0.05, 0) is 46.6 Å². The lowest BCUT2D eigenvalue weighted by atomic mass is 10.1. The topological polar surface area (TPSA) is 12.0 Å². The predicted molar refractivity (Wildman–Crippen MR) is 72.5 cm³/mol. The molecule has 6 heteroatoms. The lowest BCUT2D eigenvalue weighted by Gasteiger charge is -2.17. The first-order valence-electron chi connectivity index (χ1n) is 5.74. The Morgan fingerprint density at radius 3 is 2.10 bits per heavy atom. The molecule has 1 nitrogen and oxygen atoms in total. The zero-order valence-electron chi connectivity index (χ0n) is 10.4. The molecule has 1 unspecified atom stereocenters. The highest BCUT2D eigenvalue weighted by Crippen LogP contribution is 2.27. The molecule has 0 spiro atoms. The van der Waals surface area contributed by atoms with E-state index in [-0.39, 0.29) is 10.2 Å². The molecule has 0 saturated carbocycles. The first kappa shape index (κ1) is 14.8. The van der Waals surface area contributed by atoms with E-state index in [9.17, 15) is 17.6 Å². The minimum Gasteiger partial charge on any atom is -0.376 e. The molecule has 2 aromatic rings. The molecular weight excluding hydrogens is 338 g/mol. The maximum atomic E-state index is 13.6. The molecule has 2 aromatic carbocycles. The van der Waals surface area contributed by atoms with Gasteiger partial charge in [0.25, 0.3) is 0 Å². The van der Waals surface area contributed by atoms with Gasteiger partial charge in [0.1, 0.15) is 23.3 Å². The molecule has 0 aromatic heterocycles. The van der Waals surface area contributed by atoms with Crippen molar-refractivity contribution in [3.63, 3.8) is 0 Å². The zero-order chi connectivity index (χ0) is 14.9. The highest BCUT2D eigenvalue weighted by Gasteiger charge is 2.13. The third kappa shape index (κ3) is 3.30. The Morgan fingerprint density at radius 2 is 1.50 bits per heavy atom. The van der Waals surface area contributed by atoms with Gasteiger partial charge >= 0.3 is 0 Å². The standard InChI is InChI=1S/C14H10BrF4N/c1-7(8-2-9(16)4-10(17)3-8)20-14-5-11(15)12(18)6-13(14)19/h2-7,20H,1H3. The summed E-state index contributed by atoms with van der Waals surface area (Å²) in [5.41, 5.74) is 0.359. The van der Waals surface area contributed by atoms with Crippen molar-refractivity contribution in [2.75, 3.05) is 5.32 Å². The highest BCUT2D eigenvalue weighted by molar-refractivity contribution is 9.10. The fourth-order valence-electron chi connectivity index (χ4n) is 1.77. The largest absolute Gasteiger partial charge is 0.376 e. The lowest BCUT2D eigenvalue weighted by Crippen LogP contribution is -2.09. The summed E-state index contributed by atoms with van der Waals surface area (Å²) in [7, 11) is 0. The molecule has 0 saturated heterocycles. The number of benzene rings is 2. The summed E-state index contributed by atoms with van der Waals surface area (Å²) >= 11 is 2.95. The second-order valence-corrected chi connectivity index (χ2v) is 5.17. The van der Waals surface area contributed by atoms with Gasteiger partial charge in [0.2, 0.25) is 0 Å². The van der Waals surface area contributed by atoms with Gasteiger partial charge in [-0.15, -0.1) is 0 Å². The number of rotatable bonds is 3. The van der Waals surface area contributed by atoms with E-state index in [1.807, 2.05) is 0 Å². The lowest BCUT2D eigenvalue weighted by molar-refractivity contribution is 0.575. The molecule has 1 atom stereocenters. The summed E-state index contributed by atoms with van der Waals surface area (Å²) in [6.07, 6.45) is 0. The predicted octanol–water partition coefficient (Wildman–Crippen LogP) is 5.18. The van der Waals surface area contributed by atoms with Crippen LogP contribution < -0.4 is 5.32 Å². The van der Waals surface area contributed by atoms with Crippen molar-refractivity contribution in [1.29, 1.82) is 0 Å². The number of halogens is 5. The molecule has 20 heavy (non-hydrogen) atoms. The average Bonchev–Trinajstić information content (AvgIpc) is 2.34. The maximum absolute atomic E-state index is 13.6. The van der Waals surface area contributed by atoms with Gasteiger partial charge in [-0.25, -0.2) is 17.6 Å². The Balaban J connectivity index is 2.27. The van der Waals surface area contributed by atoms with E-state index < -0.39 is 29.3 Å². The molecular formula is C14H10BrF4N. The summed E-state index contributed by atoms with van der Waals surface area (Å²) in [6, 6.07) is 4.47. The number of nitrogens with one attached hydrogen (secondary N) is 1. The smallest absolute Gasteiger partial charge is 0.149 e. The third-order valence-corrected chi connectivity index (χ3v) is 3.37. The van der Waals surface area contributed by atoms with Crippen molar-refractivity contribution in [2.45, 2.75) is 13.0 Å². The number of hydrogen-bond donors (Lipinski definition) is 1. The van der Waals surface area contributed by atoms with Gasteiger partial charge in [-0.1, -0.05) is 0 Å². The van der Waals surface area contributed by atoms with Crippen LogP contribution in [0, 0.1) is 23.3 Å². The van der Waals surface area contributed by atoms with E-state index >= 15 is 0 Å². The van der Waals surface area contributed by atoms with Crippen LogP contribution in [0.15, 0.2) is 34.8 Å². The van der Waals surface area contributed by atoms with Crippen LogP contribution in [0.1, 0.15) is 18.5 Å². The molecule has 0 aliphatic carbocycles. The van der Waals surface area contributed by atoms with Crippen LogP contribution >= 0.6 is 15.9 Å².